The topological polar surface area (TPSA) is 108 Å². The van der Waals surface area contributed by atoms with Crippen LogP contribution in [0.1, 0.15) is 40.7 Å². The molecule has 1 aliphatic rings. The molecule has 0 aliphatic heterocycles. The van der Waals surface area contributed by atoms with Crippen LogP contribution in [0.4, 0.5) is 18.9 Å². The van der Waals surface area contributed by atoms with E-state index >= 15 is 0 Å². The lowest BCUT2D eigenvalue weighted by Crippen LogP contribution is -2.37. The third kappa shape index (κ3) is 4.97. The zero-order valence-electron chi connectivity index (χ0n) is 16.2. The molecule has 0 unspecified atom stereocenters. The summed E-state index contributed by atoms with van der Waals surface area (Å²) in [5.74, 6) is 6.07. The fraction of sp³-hybridized carbons (Fsp3) is 0.238. The van der Waals surface area contributed by atoms with Crippen LogP contribution in [0.5, 0.6) is 5.75 Å². The molecule has 4 rings (SSSR count). The Morgan fingerprint density at radius 1 is 1.16 bits per heavy atom. The second-order valence-corrected chi connectivity index (χ2v) is 7.26. The van der Waals surface area contributed by atoms with Crippen molar-refractivity contribution >= 4 is 11.6 Å². The van der Waals surface area contributed by atoms with Crippen LogP contribution in [0.3, 0.4) is 0 Å². The molecule has 0 radical (unpaired) electrons. The van der Waals surface area contributed by atoms with Crippen molar-refractivity contribution in [3.05, 3.63) is 65.9 Å². The van der Waals surface area contributed by atoms with Gasteiger partial charge in [0.25, 0.3) is 5.91 Å². The monoisotopic (exact) mass is 432 g/mol. The van der Waals surface area contributed by atoms with Crippen LogP contribution < -0.4 is 16.3 Å². The maximum atomic E-state index is 12.8. The third-order valence-electron chi connectivity index (χ3n) is 4.79. The molecule has 1 heterocycles. The van der Waals surface area contributed by atoms with E-state index in [-0.39, 0.29) is 23.5 Å². The summed E-state index contributed by atoms with van der Waals surface area (Å²) in [6, 6.07) is 10.0. The normalized spacial score (nSPS) is 13.8. The number of nitrogen functional groups attached to an aromatic ring is 1. The molecule has 7 nitrogen and oxygen atoms in total. The molecule has 0 atom stereocenters. The average molecular weight is 432 g/mol. The van der Waals surface area contributed by atoms with Gasteiger partial charge in [0.05, 0.1) is 12.1 Å². The Labute approximate surface area is 175 Å². The van der Waals surface area contributed by atoms with Gasteiger partial charge in [-0.1, -0.05) is 18.2 Å². The number of nitrogens with zero attached hydrogens (tertiary/aromatic N) is 2. The number of ether oxygens (including phenoxy) is 1. The van der Waals surface area contributed by atoms with Crippen molar-refractivity contribution < 1.29 is 27.1 Å². The van der Waals surface area contributed by atoms with Gasteiger partial charge in [0.1, 0.15) is 17.7 Å². The molecule has 2 aromatic carbocycles. The van der Waals surface area contributed by atoms with Gasteiger partial charge in [0.15, 0.2) is 5.89 Å². The number of hydrazine groups is 1. The molecular weight excluding hydrogens is 413 g/mol. The zero-order valence-corrected chi connectivity index (χ0v) is 16.2. The van der Waals surface area contributed by atoms with Crippen LogP contribution in [0.2, 0.25) is 0 Å². The van der Waals surface area contributed by atoms with Gasteiger partial charge in [-0.15, -0.1) is 13.2 Å². The molecule has 0 saturated heterocycles. The fourth-order valence-electron chi connectivity index (χ4n) is 3.08. The van der Waals surface area contributed by atoms with Gasteiger partial charge in [0.2, 0.25) is 0 Å². The molecule has 1 amide bonds. The van der Waals surface area contributed by atoms with Crippen LogP contribution in [-0.2, 0) is 6.54 Å². The predicted molar refractivity (Wildman–Crippen MR) is 106 cm³/mol. The van der Waals surface area contributed by atoms with E-state index in [4.69, 9.17) is 16.0 Å². The Kier molecular flexibility index (Phi) is 5.32. The first-order valence-corrected chi connectivity index (χ1v) is 9.46. The second-order valence-electron chi connectivity index (χ2n) is 7.26. The lowest BCUT2D eigenvalue weighted by atomic mass is 10.0. The van der Waals surface area contributed by atoms with Crippen molar-refractivity contribution in [1.82, 2.24) is 9.99 Å². The highest BCUT2D eigenvalue weighted by atomic mass is 19.4. The predicted octanol–water partition coefficient (Wildman–Crippen LogP) is 4.22. The molecular formula is C21H19F3N4O3. The number of alkyl halides is 3. The molecule has 0 spiro atoms. The number of amides is 1. The number of anilines is 1. The van der Waals surface area contributed by atoms with Gasteiger partial charge in [-0.05, 0) is 48.2 Å². The van der Waals surface area contributed by atoms with E-state index in [2.05, 4.69) is 9.72 Å². The molecule has 10 heteroatoms. The fourth-order valence-corrected chi connectivity index (χ4v) is 3.08. The number of hydrogen-bond acceptors (Lipinski definition) is 6. The lowest BCUT2D eigenvalue weighted by Gasteiger charge is -2.17. The number of hydrogen-bond donors (Lipinski definition) is 2. The Bertz CT molecular complexity index is 1090. The van der Waals surface area contributed by atoms with E-state index < -0.39 is 12.3 Å². The minimum absolute atomic E-state index is 0.0438. The van der Waals surface area contributed by atoms with E-state index in [1.807, 2.05) is 0 Å². The third-order valence-corrected chi connectivity index (χ3v) is 4.79. The smallest absolute Gasteiger partial charge is 0.448 e. The Balaban J connectivity index is 1.50. The highest BCUT2D eigenvalue weighted by Crippen LogP contribution is 2.39. The minimum atomic E-state index is -4.77. The SMILES string of the molecule is Nc1ccc(-c2ccc(OC(F)(F)F)cc2)cc1C(=O)N(N)Cc1coc(C2CC2)n1. The lowest BCUT2D eigenvalue weighted by molar-refractivity contribution is -0.274. The largest absolute Gasteiger partial charge is 0.573 e. The Morgan fingerprint density at radius 2 is 1.84 bits per heavy atom. The maximum absolute atomic E-state index is 12.8. The number of benzene rings is 2. The van der Waals surface area contributed by atoms with Crippen molar-refractivity contribution in [2.75, 3.05) is 5.73 Å². The summed E-state index contributed by atoms with van der Waals surface area (Å²) >= 11 is 0. The summed E-state index contributed by atoms with van der Waals surface area (Å²) < 4.78 is 46.3. The number of aromatic nitrogens is 1. The Morgan fingerprint density at radius 3 is 2.48 bits per heavy atom. The van der Waals surface area contributed by atoms with Gasteiger partial charge in [-0.25, -0.2) is 10.8 Å². The standard InChI is InChI=1S/C21H19F3N4O3/c22-21(23,24)31-16-6-3-12(4-7-16)14-5-8-18(25)17(9-14)20(29)28(26)10-15-11-30-19(27-15)13-1-2-13/h3-9,11,13H,1-2,10,25-26H2. The molecule has 162 valence electrons. The minimum Gasteiger partial charge on any atom is -0.448 e. The van der Waals surface area contributed by atoms with E-state index in [1.54, 1.807) is 6.07 Å². The van der Waals surface area contributed by atoms with Crippen molar-refractivity contribution in [2.45, 2.75) is 31.7 Å². The molecule has 1 fully saturated rings. The summed E-state index contributed by atoms with van der Waals surface area (Å²) in [5, 5.41) is 0.990. The second kappa shape index (κ2) is 7.95. The summed E-state index contributed by atoms with van der Waals surface area (Å²) in [6.45, 7) is 0.0438. The van der Waals surface area contributed by atoms with Crippen LogP contribution in [0.25, 0.3) is 11.1 Å². The molecule has 3 aromatic rings. The van der Waals surface area contributed by atoms with Crippen molar-refractivity contribution in [3.63, 3.8) is 0 Å². The van der Waals surface area contributed by atoms with Gasteiger partial charge in [-0.3, -0.25) is 9.80 Å². The number of carbonyl (C=O) groups excluding carboxylic acids is 1. The number of nitrogens with two attached hydrogens (primary N) is 2. The first-order chi connectivity index (χ1) is 14.7. The highest BCUT2D eigenvalue weighted by Gasteiger charge is 2.31. The first-order valence-electron chi connectivity index (χ1n) is 9.46. The quantitative estimate of drug-likeness (QED) is 0.261. The first kappa shape index (κ1) is 20.7. The van der Waals surface area contributed by atoms with Crippen molar-refractivity contribution in [1.29, 1.82) is 0 Å². The van der Waals surface area contributed by atoms with Gasteiger partial charge in [-0.2, -0.15) is 0 Å². The molecule has 0 bridgehead atoms. The summed E-state index contributed by atoms with van der Waals surface area (Å²) in [4.78, 5) is 17.2. The summed E-state index contributed by atoms with van der Waals surface area (Å²) in [5.41, 5.74) is 8.05. The van der Waals surface area contributed by atoms with Crippen LogP contribution in [-0.4, -0.2) is 22.3 Å². The average Bonchev–Trinajstić information content (AvgIpc) is 3.46. The molecule has 1 saturated carbocycles. The van der Waals surface area contributed by atoms with Gasteiger partial charge in [0, 0.05) is 11.6 Å². The number of rotatable bonds is 6. The van der Waals surface area contributed by atoms with Gasteiger partial charge < -0.3 is 14.9 Å². The van der Waals surface area contributed by atoms with E-state index in [0.29, 0.717) is 28.6 Å². The number of oxazole rings is 1. The van der Waals surface area contributed by atoms with E-state index in [0.717, 1.165) is 17.9 Å². The number of halogens is 3. The maximum Gasteiger partial charge on any atom is 0.573 e. The summed E-state index contributed by atoms with van der Waals surface area (Å²) in [6.07, 6.45) is -1.21. The van der Waals surface area contributed by atoms with Crippen LogP contribution in [0, 0.1) is 0 Å². The van der Waals surface area contributed by atoms with Crippen molar-refractivity contribution in [3.8, 4) is 16.9 Å². The molecule has 31 heavy (non-hydrogen) atoms. The summed E-state index contributed by atoms with van der Waals surface area (Å²) in [7, 11) is 0. The van der Waals surface area contributed by atoms with E-state index in [1.165, 1.54) is 42.7 Å². The molecule has 1 aromatic heterocycles. The van der Waals surface area contributed by atoms with Gasteiger partial charge >= 0.3 is 6.36 Å². The number of carbonyl (C=O) groups is 1. The van der Waals surface area contributed by atoms with Crippen LogP contribution >= 0.6 is 0 Å². The van der Waals surface area contributed by atoms with Crippen LogP contribution in [0.15, 0.2) is 53.1 Å². The molecule has 1 aliphatic carbocycles. The molecule has 4 N–H and O–H groups in total. The Hall–Kier alpha value is -3.53. The zero-order chi connectivity index (χ0) is 22.2. The highest BCUT2D eigenvalue weighted by molar-refractivity contribution is 6.00. The van der Waals surface area contributed by atoms with Crippen molar-refractivity contribution in [2.24, 2.45) is 5.84 Å². The van der Waals surface area contributed by atoms with E-state index in [9.17, 15) is 18.0 Å².